The number of ether oxygens (including phenoxy) is 1. The molecule has 1 saturated heterocycles. The van der Waals surface area contributed by atoms with Gasteiger partial charge in [-0.1, -0.05) is 38.1 Å². The number of nitrogens with zero attached hydrogens (tertiary/aromatic N) is 1. The lowest BCUT2D eigenvalue weighted by atomic mass is 9.80. The normalized spacial score (nSPS) is 24.0. The van der Waals surface area contributed by atoms with E-state index in [9.17, 15) is 4.79 Å². The van der Waals surface area contributed by atoms with Gasteiger partial charge in [0.05, 0.1) is 13.2 Å². The zero-order chi connectivity index (χ0) is 18.9. The van der Waals surface area contributed by atoms with E-state index in [2.05, 4.69) is 48.3 Å². The van der Waals surface area contributed by atoms with E-state index in [1.165, 1.54) is 22.5 Å². The van der Waals surface area contributed by atoms with Gasteiger partial charge in [0.25, 0.3) is 0 Å². The molecule has 144 valence electrons. The number of rotatable bonds is 6. The molecular formula is C22H28N2O2S. The second kappa shape index (κ2) is 7.64. The van der Waals surface area contributed by atoms with Crippen molar-refractivity contribution in [2.45, 2.75) is 44.8 Å². The van der Waals surface area contributed by atoms with E-state index >= 15 is 0 Å². The van der Waals surface area contributed by atoms with E-state index in [1.54, 1.807) is 11.3 Å². The van der Waals surface area contributed by atoms with E-state index in [1.807, 2.05) is 17.5 Å². The summed E-state index contributed by atoms with van der Waals surface area (Å²) in [7, 11) is 0. The summed E-state index contributed by atoms with van der Waals surface area (Å²) in [4.78, 5) is 16.3. The van der Waals surface area contributed by atoms with Crippen molar-refractivity contribution in [1.29, 1.82) is 0 Å². The van der Waals surface area contributed by atoms with Crippen molar-refractivity contribution in [3.05, 3.63) is 52.2 Å². The van der Waals surface area contributed by atoms with Crippen LogP contribution in [-0.2, 0) is 21.5 Å². The van der Waals surface area contributed by atoms with E-state index in [0.29, 0.717) is 19.1 Å². The van der Waals surface area contributed by atoms with E-state index in [4.69, 9.17) is 4.74 Å². The van der Waals surface area contributed by atoms with Crippen LogP contribution >= 0.6 is 11.3 Å². The van der Waals surface area contributed by atoms with Crippen molar-refractivity contribution in [2.24, 2.45) is 5.92 Å². The predicted molar refractivity (Wildman–Crippen MR) is 110 cm³/mol. The SMILES string of the molecule is CC(C)CCN1CC2(COC(C(=O)NCc3cccs3)C2)c2ccccc21. The third kappa shape index (κ3) is 3.76. The molecule has 2 aliphatic heterocycles. The van der Waals surface area contributed by atoms with Gasteiger partial charge in [-0.2, -0.15) is 0 Å². The Balaban J connectivity index is 1.45. The summed E-state index contributed by atoms with van der Waals surface area (Å²) in [6.07, 6.45) is 1.58. The highest BCUT2D eigenvalue weighted by Gasteiger charge is 2.50. The molecule has 27 heavy (non-hydrogen) atoms. The fourth-order valence-corrected chi connectivity index (χ4v) is 4.89. The first-order valence-electron chi connectivity index (χ1n) is 9.83. The van der Waals surface area contributed by atoms with Crippen LogP contribution in [0.3, 0.4) is 0 Å². The number of carbonyl (C=O) groups excluding carboxylic acids is 1. The van der Waals surface area contributed by atoms with Crippen LogP contribution in [0.4, 0.5) is 5.69 Å². The van der Waals surface area contributed by atoms with Crippen LogP contribution in [0, 0.1) is 5.92 Å². The van der Waals surface area contributed by atoms with Crippen molar-refractivity contribution in [2.75, 3.05) is 24.6 Å². The Morgan fingerprint density at radius 3 is 2.96 bits per heavy atom. The van der Waals surface area contributed by atoms with E-state index < -0.39 is 0 Å². The molecule has 1 spiro atoms. The number of nitrogens with one attached hydrogen (secondary N) is 1. The van der Waals surface area contributed by atoms with E-state index in [-0.39, 0.29) is 17.4 Å². The molecule has 4 nitrogen and oxygen atoms in total. The van der Waals surface area contributed by atoms with Gasteiger partial charge in [-0.3, -0.25) is 4.79 Å². The average Bonchev–Trinajstić information content (AvgIpc) is 3.39. The Labute approximate surface area is 165 Å². The lowest BCUT2D eigenvalue weighted by Crippen LogP contribution is -2.37. The number of fused-ring (bicyclic) bond motifs is 2. The summed E-state index contributed by atoms with van der Waals surface area (Å²) in [5, 5.41) is 5.07. The number of carbonyl (C=O) groups is 1. The van der Waals surface area contributed by atoms with E-state index in [0.717, 1.165) is 19.5 Å². The second-order valence-electron chi connectivity index (χ2n) is 8.20. The van der Waals surface area contributed by atoms with Gasteiger partial charge in [-0.05, 0) is 41.8 Å². The van der Waals surface area contributed by atoms with Crippen LogP contribution in [0.1, 0.15) is 37.1 Å². The molecule has 0 saturated carbocycles. The zero-order valence-electron chi connectivity index (χ0n) is 16.1. The fraction of sp³-hybridized carbons (Fsp3) is 0.500. The Morgan fingerprint density at radius 1 is 1.33 bits per heavy atom. The molecule has 1 fully saturated rings. The summed E-state index contributed by atoms with van der Waals surface area (Å²) in [6.45, 7) is 7.76. The highest BCUT2D eigenvalue weighted by molar-refractivity contribution is 7.09. The first kappa shape index (κ1) is 18.5. The minimum atomic E-state index is -0.358. The standard InChI is InChI=1S/C22H28N2O2S/c1-16(2)9-10-24-14-22(18-7-3-4-8-19(18)24)12-20(26-15-22)21(25)23-13-17-6-5-11-27-17/h3-8,11,16,20H,9-10,12-15H2,1-2H3,(H,23,25). The zero-order valence-corrected chi connectivity index (χ0v) is 16.9. The first-order valence-corrected chi connectivity index (χ1v) is 10.7. The highest BCUT2D eigenvalue weighted by atomic mass is 32.1. The second-order valence-corrected chi connectivity index (χ2v) is 9.23. The van der Waals surface area contributed by atoms with Crippen LogP contribution in [0.15, 0.2) is 41.8 Å². The Hall–Kier alpha value is -1.85. The molecule has 4 rings (SSSR count). The molecule has 5 heteroatoms. The third-order valence-corrected chi connectivity index (χ3v) is 6.61. The molecule has 2 aliphatic rings. The van der Waals surface area contributed by atoms with Crippen LogP contribution in [-0.4, -0.2) is 31.7 Å². The Morgan fingerprint density at radius 2 is 2.19 bits per heavy atom. The predicted octanol–water partition coefficient (Wildman–Crippen LogP) is 3.96. The van der Waals surface area contributed by atoms with Crippen molar-refractivity contribution >= 4 is 22.9 Å². The monoisotopic (exact) mass is 384 g/mol. The molecule has 0 bridgehead atoms. The lowest BCUT2D eigenvalue weighted by Gasteiger charge is -2.25. The van der Waals surface area contributed by atoms with Crippen LogP contribution in [0.25, 0.3) is 0 Å². The van der Waals surface area contributed by atoms with Crippen LogP contribution in [0.5, 0.6) is 0 Å². The minimum absolute atomic E-state index is 0.0124. The molecule has 1 aromatic heterocycles. The molecular weight excluding hydrogens is 356 g/mol. The topological polar surface area (TPSA) is 41.6 Å². The number of amides is 1. The number of para-hydroxylation sites is 1. The third-order valence-electron chi connectivity index (χ3n) is 5.73. The van der Waals surface area contributed by atoms with Crippen molar-refractivity contribution in [3.8, 4) is 0 Å². The van der Waals surface area contributed by atoms with Crippen LogP contribution < -0.4 is 10.2 Å². The average molecular weight is 385 g/mol. The van der Waals surface area contributed by atoms with Gasteiger partial charge in [0.1, 0.15) is 6.10 Å². The van der Waals surface area contributed by atoms with Gasteiger partial charge < -0.3 is 15.0 Å². The van der Waals surface area contributed by atoms with Gasteiger partial charge >= 0.3 is 0 Å². The maximum Gasteiger partial charge on any atom is 0.249 e. The number of hydrogen-bond donors (Lipinski definition) is 1. The molecule has 2 aromatic rings. The molecule has 1 N–H and O–H groups in total. The summed E-state index contributed by atoms with van der Waals surface area (Å²) in [5.41, 5.74) is 2.61. The molecule has 3 heterocycles. The van der Waals surface area contributed by atoms with Gasteiger partial charge in [0.15, 0.2) is 0 Å². The number of thiophene rings is 1. The summed E-state index contributed by atoms with van der Waals surface area (Å²) in [6, 6.07) is 12.7. The lowest BCUT2D eigenvalue weighted by molar-refractivity contribution is -0.130. The largest absolute Gasteiger partial charge is 0.370 e. The van der Waals surface area contributed by atoms with Crippen molar-refractivity contribution < 1.29 is 9.53 Å². The molecule has 0 radical (unpaired) electrons. The molecule has 1 amide bonds. The minimum Gasteiger partial charge on any atom is -0.370 e. The Bertz CT molecular complexity index is 789. The number of hydrogen-bond acceptors (Lipinski definition) is 4. The first-order chi connectivity index (χ1) is 13.1. The molecule has 2 unspecified atom stereocenters. The number of benzene rings is 1. The quantitative estimate of drug-likeness (QED) is 0.820. The Kier molecular flexibility index (Phi) is 5.24. The van der Waals surface area contributed by atoms with Gasteiger partial charge in [-0.25, -0.2) is 0 Å². The smallest absolute Gasteiger partial charge is 0.249 e. The molecule has 1 aromatic carbocycles. The van der Waals surface area contributed by atoms with Crippen molar-refractivity contribution in [1.82, 2.24) is 5.32 Å². The fourth-order valence-electron chi connectivity index (χ4n) is 4.25. The molecule has 0 aliphatic carbocycles. The van der Waals surface area contributed by atoms with Gasteiger partial charge in [-0.15, -0.1) is 11.3 Å². The van der Waals surface area contributed by atoms with Gasteiger partial charge in [0, 0.05) is 29.1 Å². The number of anilines is 1. The maximum atomic E-state index is 12.6. The summed E-state index contributed by atoms with van der Waals surface area (Å²) < 4.78 is 6.02. The van der Waals surface area contributed by atoms with Crippen LogP contribution in [0.2, 0.25) is 0 Å². The highest BCUT2D eigenvalue weighted by Crippen LogP contribution is 2.47. The summed E-state index contributed by atoms with van der Waals surface area (Å²) >= 11 is 1.66. The molecule has 2 atom stereocenters. The summed E-state index contributed by atoms with van der Waals surface area (Å²) in [5.74, 6) is 0.697. The van der Waals surface area contributed by atoms with Crippen molar-refractivity contribution in [3.63, 3.8) is 0 Å². The maximum absolute atomic E-state index is 12.6. The van der Waals surface area contributed by atoms with Gasteiger partial charge in [0.2, 0.25) is 5.91 Å².